The number of aromatic nitrogens is 2. The van der Waals surface area contributed by atoms with Crippen molar-refractivity contribution in [1.82, 2.24) is 9.97 Å². The molecule has 1 aliphatic carbocycles. The minimum absolute atomic E-state index is 0.558. The van der Waals surface area contributed by atoms with Gasteiger partial charge in [0.2, 0.25) is 0 Å². The standard InChI is InChI=1S/C13H18ClN3/c1-8-5-9(2)17(7-8)12-6-11(14)15-13(16-12)10-3-4-10/h6,8-10H,3-5,7H2,1-2H3. The fourth-order valence-corrected chi connectivity index (χ4v) is 2.90. The van der Waals surface area contributed by atoms with Gasteiger partial charge in [-0.1, -0.05) is 18.5 Å². The normalized spacial score (nSPS) is 28.8. The van der Waals surface area contributed by atoms with Gasteiger partial charge in [0.15, 0.2) is 0 Å². The van der Waals surface area contributed by atoms with Gasteiger partial charge in [-0.2, -0.15) is 0 Å². The summed E-state index contributed by atoms with van der Waals surface area (Å²) in [5.74, 6) is 3.26. The summed E-state index contributed by atoms with van der Waals surface area (Å²) in [6.45, 7) is 5.63. The Hall–Kier alpha value is -0.830. The van der Waals surface area contributed by atoms with Crippen LogP contribution in [0.4, 0.5) is 5.82 Å². The lowest BCUT2D eigenvalue weighted by Crippen LogP contribution is -2.28. The third kappa shape index (κ3) is 2.25. The van der Waals surface area contributed by atoms with Crippen LogP contribution in [0, 0.1) is 5.92 Å². The van der Waals surface area contributed by atoms with Crippen molar-refractivity contribution in [3.63, 3.8) is 0 Å². The molecule has 3 nitrogen and oxygen atoms in total. The fourth-order valence-electron chi connectivity index (χ4n) is 2.71. The zero-order valence-corrected chi connectivity index (χ0v) is 11.1. The average molecular weight is 252 g/mol. The van der Waals surface area contributed by atoms with Crippen LogP contribution >= 0.6 is 11.6 Å². The van der Waals surface area contributed by atoms with E-state index in [1.54, 1.807) is 0 Å². The van der Waals surface area contributed by atoms with Gasteiger partial charge in [0, 0.05) is 24.6 Å². The van der Waals surface area contributed by atoms with Gasteiger partial charge in [-0.3, -0.25) is 0 Å². The Kier molecular flexibility index (Phi) is 2.74. The molecule has 0 spiro atoms. The van der Waals surface area contributed by atoms with Crippen molar-refractivity contribution < 1.29 is 0 Å². The van der Waals surface area contributed by atoms with Crippen molar-refractivity contribution in [2.75, 3.05) is 11.4 Å². The van der Waals surface area contributed by atoms with Crippen LogP contribution in [-0.2, 0) is 0 Å². The molecule has 2 unspecified atom stereocenters. The Bertz CT molecular complexity index is 431. The zero-order valence-electron chi connectivity index (χ0n) is 10.4. The Labute approximate surface area is 107 Å². The summed E-state index contributed by atoms with van der Waals surface area (Å²) in [5, 5.41) is 0.587. The summed E-state index contributed by atoms with van der Waals surface area (Å²) in [6, 6.07) is 2.46. The SMILES string of the molecule is CC1CC(C)N(c2cc(Cl)nc(C3CC3)n2)C1. The third-order valence-corrected chi connectivity index (χ3v) is 3.91. The summed E-state index contributed by atoms with van der Waals surface area (Å²) >= 11 is 6.11. The Balaban J connectivity index is 1.91. The summed E-state index contributed by atoms with van der Waals surface area (Å²) < 4.78 is 0. The van der Waals surface area contributed by atoms with E-state index < -0.39 is 0 Å². The highest BCUT2D eigenvalue weighted by Crippen LogP contribution is 2.39. The summed E-state index contributed by atoms with van der Waals surface area (Å²) in [7, 11) is 0. The predicted molar refractivity (Wildman–Crippen MR) is 69.6 cm³/mol. The third-order valence-electron chi connectivity index (χ3n) is 3.72. The van der Waals surface area contributed by atoms with E-state index in [1.165, 1.54) is 19.3 Å². The first-order chi connectivity index (χ1) is 8.13. The molecule has 0 radical (unpaired) electrons. The molecule has 2 fully saturated rings. The highest BCUT2D eigenvalue weighted by Gasteiger charge is 2.31. The van der Waals surface area contributed by atoms with Crippen molar-refractivity contribution >= 4 is 17.4 Å². The molecule has 0 bridgehead atoms. The maximum Gasteiger partial charge on any atom is 0.135 e. The van der Waals surface area contributed by atoms with E-state index >= 15 is 0 Å². The molecule has 0 aromatic carbocycles. The van der Waals surface area contributed by atoms with Crippen molar-refractivity contribution in [1.29, 1.82) is 0 Å². The van der Waals surface area contributed by atoms with Crippen molar-refractivity contribution in [2.24, 2.45) is 5.92 Å². The number of rotatable bonds is 2. The summed E-state index contributed by atoms with van der Waals surface area (Å²) in [6.07, 6.45) is 3.66. The predicted octanol–water partition coefficient (Wildman–Crippen LogP) is 3.24. The molecule has 1 saturated carbocycles. The molecule has 1 aliphatic heterocycles. The minimum atomic E-state index is 0.558. The van der Waals surface area contributed by atoms with Crippen LogP contribution in [0.3, 0.4) is 0 Å². The van der Waals surface area contributed by atoms with E-state index in [2.05, 4.69) is 23.7 Å². The maximum absolute atomic E-state index is 6.11. The van der Waals surface area contributed by atoms with Crippen molar-refractivity contribution in [3.8, 4) is 0 Å². The molecule has 1 saturated heterocycles. The lowest BCUT2D eigenvalue weighted by molar-refractivity contribution is 0.625. The smallest absolute Gasteiger partial charge is 0.135 e. The Morgan fingerprint density at radius 3 is 2.65 bits per heavy atom. The average Bonchev–Trinajstić information content (AvgIpc) is 3.04. The molecule has 2 aliphatic rings. The molecular weight excluding hydrogens is 234 g/mol. The van der Waals surface area contributed by atoms with E-state index in [9.17, 15) is 0 Å². The summed E-state index contributed by atoms with van der Waals surface area (Å²) in [4.78, 5) is 11.4. The minimum Gasteiger partial charge on any atom is -0.353 e. The second-order valence-electron chi connectivity index (χ2n) is 5.52. The van der Waals surface area contributed by atoms with Gasteiger partial charge in [0.05, 0.1) is 0 Å². The molecule has 2 atom stereocenters. The molecule has 1 aromatic rings. The second-order valence-corrected chi connectivity index (χ2v) is 5.91. The van der Waals surface area contributed by atoms with E-state index in [0.717, 1.165) is 24.1 Å². The first-order valence-corrected chi connectivity index (χ1v) is 6.82. The maximum atomic E-state index is 6.11. The van der Waals surface area contributed by atoms with Crippen LogP contribution in [0.5, 0.6) is 0 Å². The molecule has 3 rings (SSSR count). The topological polar surface area (TPSA) is 29.0 Å². The van der Waals surface area contributed by atoms with E-state index in [4.69, 9.17) is 16.6 Å². The molecule has 0 N–H and O–H groups in total. The molecule has 4 heteroatoms. The monoisotopic (exact) mass is 251 g/mol. The quantitative estimate of drug-likeness (QED) is 0.756. The van der Waals surface area contributed by atoms with E-state index in [1.807, 2.05) is 6.07 Å². The van der Waals surface area contributed by atoms with Crippen LogP contribution in [0.15, 0.2) is 6.07 Å². The largest absolute Gasteiger partial charge is 0.353 e. The van der Waals surface area contributed by atoms with Gasteiger partial charge in [-0.05, 0) is 32.1 Å². The van der Waals surface area contributed by atoms with Crippen molar-refractivity contribution in [2.45, 2.75) is 45.1 Å². The fraction of sp³-hybridized carbons (Fsp3) is 0.692. The first kappa shape index (κ1) is 11.3. The molecule has 1 aromatic heterocycles. The highest BCUT2D eigenvalue weighted by atomic mass is 35.5. The lowest BCUT2D eigenvalue weighted by Gasteiger charge is -2.23. The van der Waals surface area contributed by atoms with Crippen molar-refractivity contribution in [3.05, 3.63) is 17.0 Å². The van der Waals surface area contributed by atoms with Gasteiger partial charge < -0.3 is 4.90 Å². The first-order valence-electron chi connectivity index (χ1n) is 6.44. The van der Waals surface area contributed by atoms with Crippen LogP contribution in [0.1, 0.15) is 44.9 Å². The van der Waals surface area contributed by atoms with E-state index in [-0.39, 0.29) is 0 Å². The number of halogens is 1. The molecule has 2 heterocycles. The molecule has 92 valence electrons. The van der Waals surface area contributed by atoms with E-state index in [0.29, 0.717) is 17.1 Å². The highest BCUT2D eigenvalue weighted by molar-refractivity contribution is 6.29. The van der Waals surface area contributed by atoms with Gasteiger partial charge in [0.1, 0.15) is 16.8 Å². The van der Waals surface area contributed by atoms with Gasteiger partial charge in [-0.25, -0.2) is 9.97 Å². The Morgan fingerprint density at radius 1 is 1.29 bits per heavy atom. The lowest BCUT2D eigenvalue weighted by atomic mass is 10.1. The summed E-state index contributed by atoms with van der Waals surface area (Å²) in [5.41, 5.74) is 0. The van der Waals surface area contributed by atoms with Gasteiger partial charge in [0.25, 0.3) is 0 Å². The molecule has 17 heavy (non-hydrogen) atoms. The molecule has 0 amide bonds. The Morgan fingerprint density at radius 2 is 2.06 bits per heavy atom. The van der Waals surface area contributed by atoms with Crippen LogP contribution in [0.2, 0.25) is 5.15 Å². The number of nitrogens with zero attached hydrogens (tertiary/aromatic N) is 3. The van der Waals surface area contributed by atoms with Gasteiger partial charge in [-0.15, -0.1) is 0 Å². The van der Waals surface area contributed by atoms with Crippen LogP contribution in [0.25, 0.3) is 0 Å². The van der Waals surface area contributed by atoms with Crippen LogP contribution in [-0.4, -0.2) is 22.6 Å². The second kappa shape index (κ2) is 4.13. The van der Waals surface area contributed by atoms with Crippen LogP contribution < -0.4 is 4.90 Å². The number of hydrogen-bond donors (Lipinski definition) is 0. The molecular formula is C13H18ClN3. The zero-order chi connectivity index (χ0) is 12.0. The number of anilines is 1. The number of hydrogen-bond acceptors (Lipinski definition) is 3. The van der Waals surface area contributed by atoms with Gasteiger partial charge >= 0.3 is 0 Å².